The van der Waals surface area contributed by atoms with Gasteiger partial charge in [0.1, 0.15) is 17.5 Å². The van der Waals surface area contributed by atoms with Crippen molar-refractivity contribution >= 4 is 35.0 Å². The average molecular weight is 398 g/mol. The second-order valence-electron chi connectivity index (χ2n) is 7.04. The van der Waals surface area contributed by atoms with E-state index in [2.05, 4.69) is 10.4 Å². The van der Waals surface area contributed by atoms with E-state index in [1.807, 2.05) is 0 Å². The number of aromatic nitrogens is 2. The minimum Gasteiger partial charge on any atom is -0.456 e. The highest BCUT2D eigenvalue weighted by molar-refractivity contribution is 6.42. The predicted octanol–water partition coefficient (Wildman–Crippen LogP) is 4.96. The zero-order valence-corrected chi connectivity index (χ0v) is 16.2. The molecule has 8 heteroatoms. The van der Waals surface area contributed by atoms with Crippen LogP contribution < -0.4 is 5.32 Å². The molecular formula is C18H18Cl2FN3O2. The molecule has 0 bridgehead atoms. The maximum atomic E-state index is 13.8. The minimum absolute atomic E-state index is 0.328. The fraction of sp³-hybridized carbons (Fsp3) is 0.333. The summed E-state index contributed by atoms with van der Waals surface area (Å²) in [4.78, 5) is 12.9. The van der Waals surface area contributed by atoms with Crippen LogP contribution in [0.25, 0.3) is 0 Å². The standard InChI is InChI=1S/C18H18Cl2FN3O2/c1-9-15(17(25)26-18(2,3)4)16(10-5-6-11(19)12(20)7-10)24-14(22-9)8-13(21)23-24/h5-8,16,22H,1-4H3. The van der Waals surface area contributed by atoms with Gasteiger partial charge in [-0.25, -0.2) is 9.48 Å². The molecule has 2 aromatic rings. The quantitative estimate of drug-likeness (QED) is 0.727. The number of hydrogen-bond donors (Lipinski definition) is 1. The molecule has 1 aromatic heterocycles. The second kappa shape index (κ2) is 6.59. The molecule has 0 fully saturated rings. The Balaban J connectivity index is 2.16. The molecule has 1 unspecified atom stereocenters. The second-order valence-corrected chi connectivity index (χ2v) is 7.85. The van der Waals surface area contributed by atoms with E-state index < -0.39 is 23.6 Å². The maximum absolute atomic E-state index is 13.8. The van der Waals surface area contributed by atoms with Crippen LogP contribution in [0.1, 0.15) is 39.3 Å². The number of rotatable bonds is 2. The zero-order valence-electron chi connectivity index (χ0n) is 14.7. The number of nitrogens with one attached hydrogen (secondary N) is 1. The molecule has 0 radical (unpaired) electrons. The monoisotopic (exact) mass is 397 g/mol. The van der Waals surface area contributed by atoms with Crippen LogP contribution in [0.15, 0.2) is 35.5 Å². The Morgan fingerprint density at radius 3 is 2.58 bits per heavy atom. The van der Waals surface area contributed by atoms with Crippen LogP contribution in [0, 0.1) is 5.95 Å². The molecular weight excluding hydrogens is 380 g/mol. The Hall–Kier alpha value is -2.05. The first-order valence-electron chi connectivity index (χ1n) is 7.98. The topological polar surface area (TPSA) is 56.2 Å². The van der Waals surface area contributed by atoms with Crippen molar-refractivity contribution in [1.82, 2.24) is 9.78 Å². The van der Waals surface area contributed by atoms with Gasteiger partial charge in [0.25, 0.3) is 0 Å². The van der Waals surface area contributed by atoms with Crippen LogP contribution in [0.5, 0.6) is 0 Å². The normalized spacial score (nSPS) is 17.0. The van der Waals surface area contributed by atoms with Crippen molar-refractivity contribution in [1.29, 1.82) is 0 Å². The Morgan fingerprint density at radius 2 is 1.96 bits per heavy atom. The molecule has 26 heavy (non-hydrogen) atoms. The molecule has 0 amide bonds. The summed E-state index contributed by atoms with van der Waals surface area (Å²) >= 11 is 12.2. The van der Waals surface area contributed by atoms with Crippen molar-refractivity contribution in [3.8, 4) is 0 Å². The van der Waals surface area contributed by atoms with Crippen molar-refractivity contribution in [2.75, 3.05) is 5.32 Å². The Bertz CT molecular complexity index is 916. The lowest BCUT2D eigenvalue weighted by Crippen LogP contribution is -2.33. The summed E-state index contributed by atoms with van der Waals surface area (Å²) < 4.78 is 20.7. The SMILES string of the molecule is CC1=C(C(=O)OC(C)(C)C)C(c2ccc(Cl)c(Cl)c2)n2nc(F)cc2N1. The first-order valence-corrected chi connectivity index (χ1v) is 8.73. The van der Waals surface area contributed by atoms with Gasteiger partial charge in [-0.2, -0.15) is 4.39 Å². The van der Waals surface area contributed by atoms with Crippen LogP contribution in [-0.4, -0.2) is 21.4 Å². The molecule has 0 saturated carbocycles. The zero-order chi connectivity index (χ0) is 19.2. The van der Waals surface area contributed by atoms with Gasteiger partial charge in [0.15, 0.2) is 0 Å². The largest absolute Gasteiger partial charge is 0.456 e. The summed E-state index contributed by atoms with van der Waals surface area (Å²) in [5.74, 6) is -0.737. The highest BCUT2D eigenvalue weighted by atomic mass is 35.5. The highest BCUT2D eigenvalue weighted by Crippen LogP contribution is 2.38. The van der Waals surface area contributed by atoms with Crippen LogP contribution in [0.3, 0.4) is 0 Å². The lowest BCUT2D eigenvalue weighted by molar-refractivity contribution is -0.150. The van der Waals surface area contributed by atoms with Crippen molar-refractivity contribution in [2.24, 2.45) is 0 Å². The van der Waals surface area contributed by atoms with E-state index in [0.717, 1.165) is 0 Å². The number of halogens is 3. The van der Waals surface area contributed by atoms with Gasteiger partial charge >= 0.3 is 5.97 Å². The van der Waals surface area contributed by atoms with E-state index in [0.29, 0.717) is 32.7 Å². The fourth-order valence-electron chi connectivity index (χ4n) is 2.83. The molecule has 1 aromatic carbocycles. The van der Waals surface area contributed by atoms with E-state index in [1.165, 1.54) is 10.7 Å². The summed E-state index contributed by atoms with van der Waals surface area (Å²) in [6.07, 6.45) is 0. The van der Waals surface area contributed by atoms with Gasteiger partial charge in [-0.15, -0.1) is 5.10 Å². The maximum Gasteiger partial charge on any atom is 0.338 e. The van der Waals surface area contributed by atoms with Crippen molar-refractivity contribution in [2.45, 2.75) is 39.3 Å². The van der Waals surface area contributed by atoms with E-state index in [1.54, 1.807) is 45.9 Å². The molecule has 1 N–H and O–H groups in total. The summed E-state index contributed by atoms with van der Waals surface area (Å²) in [6.45, 7) is 7.08. The Morgan fingerprint density at radius 1 is 1.27 bits per heavy atom. The first-order chi connectivity index (χ1) is 12.1. The molecule has 0 saturated heterocycles. The number of ether oxygens (including phenoxy) is 1. The molecule has 5 nitrogen and oxygen atoms in total. The summed E-state index contributed by atoms with van der Waals surface area (Å²) in [5.41, 5.74) is 0.851. The van der Waals surface area contributed by atoms with Crippen molar-refractivity contribution < 1.29 is 13.9 Å². The molecule has 2 heterocycles. The average Bonchev–Trinajstić information content (AvgIpc) is 2.86. The number of fused-ring (bicyclic) bond motifs is 1. The Kier molecular flexibility index (Phi) is 4.75. The number of esters is 1. The highest BCUT2D eigenvalue weighted by Gasteiger charge is 2.36. The van der Waals surface area contributed by atoms with Gasteiger partial charge in [0.05, 0.1) is 15.6 Å². The number of benzene rings is 1. The van der Waals surface area contributed by atoms with Crippen LogP contribution >= 0.6 is 23.2 Å². The third-order valence-corrected chi connectivity index (χ3v) is 4.56. The third kappa shape index (κ3) is 3.57. The number of anilines is 1. The number of nitrogens with zero attached hydrogens (tertiary/aromatic N) is 2. The number of carbonyl (C=O) groups excluding carboxylic acids is 1. The molecule has 0 spiro atoms. The van der Waals surface area contributed by atoms with E-state index in [4.69, 9.17) is 27.9 Å². The molecule has 3 rings (SSSR count). The number of allylic oxidation sites excluding steroid dienone is 1. The number of hydrogen-bond acceptors (Lipinski definition) is 4. The lowest BCUT2D eigenvalue weighted by atomic mass is 9.95. The van der Waals surface area contributed by atoms with Crippen LogP contribution in [0.2, 0.25) is 10.0 Å². The summed E-state index contributed by atoms with van der Waals surface area (Å²) in [6, 6.07) is 5.56. The van der Waals surface area contributed by atoms with E-state index in [-0.39, 0.29) is 0 Å². The lowest BCUT2D eigenvalue weighted by Gasteiger charge is -2.31. The molecule has 1 aliphatic heterocycles. The van der Waals surface area contributed by atoms with Crippen LogP contribution in [0.4, 0.5) is 10.2 Å². The number of carbonyl (C=O) groups is 1. The van der Waals surface area contributed by atoms with Gasteiger partial charge in [-0.3, -0.25) is 0 Å². The third-order valence-electron chi connectivity index (χ3n) is 3.82. The summed E-state index contributed by atoms with van der Waals surface area (Å²) in [5, 5.41) is 7.61. The van der Waals surface area contributed by atoms with Gasteiger partial charge in [-0.1, -0.05) is 29.3 Å². The van der Waals surface area contributed by atoms with Gasteiger partial charge in [0, 0.05) is 11.8 Å². The molecule has 0 aliphatic carbocycles. The smallest absolute Gasteiger partial charge is 0.338 e. The minimum atomic E-state index is -0.694. The predicted molar refractivity (Wildman–Crippen MR) is 99.0 cm³/mol. The van der Waals surface area contributed by atoms with E-state index in [9.17, 15) is 9.18 Å². The van der Waals surface area contributed by atoms with Crippen molar-refractivity contribution in [3.05, 3.63) is 57.1 Å². The Labute approximate surface area is 160 Å². The summed E-state index contributed by atoms with van der Waals surface area (Å²) in [7, 11) is 0. The van der Waals surface area contributed by atoms with Gasteiger partial charge < -0.3 is 10.1 Å². The van der Waals surface area contributed by atoms with E-state index >= 15 is 0 Å². The van der Waals surface area contributed by atoms with Crippen molar-refractivity contribution in [3.63, 3.8) is 0 Å². The fourth-order valence-corrected chi connectivity index (χ4v) is 3.14. The van der Waals surface area contributed by atoms with Crippen LogP contribution in [-0.2, 0) is 9.53 Å². The van der Waals surface area contributed by atoms with Gasteiger partial charge in [-0.05, 0) is 45.4 Å². The molecule has 1 atom stereocenters. The molecule has 1 aliphatic rings. The molecule has 138 valence electrons. The first kappa shape index (κ1) is 18.7. The van der Waals surface area contributed by atoms with Gasteiger partial charge in [0.2, 0.25) is 5.95 Å².